The third-order valence-corrected chi connectivity index (χ3v) is 7.38. The second kappa shape index (κ2) is 15.7. The van der Waals surface area contributed by atoms with Gasteiger partial charge in [0.15, 0.2) is 0 Å². The van der Waals surface area contributed by atoms with Crippen LogP contribution in [0.4, 0.5) is 0 Å². The summed E-state index contributed by atoms with van der Waals surface area (Å²) in [4.78, 5) is 0. The summed E-state index contributed by atoms with van der Waals surface area (Å²) in [5.74, 6) is 0. The second-order valence-electron chi connectivity index (χ2n) is 4.92. The Hall–Kier alpha value is 0.274. The van der Waals surface area contributed by atoms with Crippen molar-refractivity contribution in [1.29, 1.82) is 0 Å². The molecule has 0 N–H and O–H groups in total. The number of rotatable bonds is 15. The maximum Gasteiger partial charge on any atom is 0.321 e. The van der Waals surface area contributed by atoms with E-state index in [9.17, 15) is 0 Å². The summed E-state index contributed by atoms with van der Waals surface area (Å²) in [6, 6.07) is 2.04. The van der Waals surface area contributed by atoms with Crippen LogP contribution in [0.3, 0.4) is 0 Å². The number of hydrogen-bond acceptors (Lipinski definition) is 4. The highest BCUT2D eigenvalue weighted by Crippen LogP contribution is 2.10. The molecule has 0 saturated heterocycles. The van der Waals surface area contributed by atoms with Crippen LogP contribution in [0.5, 0.6) is 0 Å². The first-order chi connectivity index (χ1) is 9.78. The van der Waals surface area contributed by atoms with E-state index in [1.54, 1.807) is 0 Å². The monoisotopic (exact) mass is 322 g/mol. The maximum atomic E-state index is 5.88. The Balaban J connectivity index is 4.05. The lowest BCUT2D eigenvalue weighted by atomic mass is 10.5. The lowest BCUT2D eigenvalue weighted by Crippen LogP contribution is -2.29. The first kappa shape index (κ1) is 20.3. The van der Waals surface area contributed by atoms with E-state index in [1.807, 2.05) is 0 Å². The van der Waals surface area contributed by atoms with Gasteiger partial charge in [-0.05, 0) is 37.8 Å². The quantitative estimate of drug-likeness (QED) is 0.434. The Morgan fingerprint density at radius 3 is 0.950 bits per heavy atom. The van der Waals surface area contributed by atoms with Crippen LogP contribution < -0.4 is 0 Å². The zero-order chi connectivity index (χ0) is 15.1. The molecule has 0 fully saturated rings. The number of hydrogen-bond donors (Lipinski definition) is 0. The zero-order valence-electron chi connectivity index (χ0n) is 13.9. The van der Waals surface area contributed by atoms with Gasteiger partial charge in [-0.25, -0.2) is 0 Å². The van der Waals surface area contributed by atoms with Crippen LogP contribution in [0, 0.1) is 0 Å². The van der Waals surface area contributed by atoms with Crippen molar-refractivity contribution in [1.82, 2.24) is 0 Å². The minimum Gasteiger partial charge on any atom is -0.397 e. The molecular weight excluding hydrogens is 288 g/mol. The molecule has 0 aromatic carbocycles. The van der Waals surface area contributed by atoms with E-state index in [0.717, 1.165) is 64.2 Å². The molecule has 0 bridgehead atoms. The van der Waals surface area contributed by atoms with Crippen molar-refractivity contribution in [3.8, 4) is 0 Å². The minimum absolute atomic E-state index is 0.818. The first-order valence-electron chi connectivity index (χ1n) is 8.24. The van der Waals surface area contributed by atoms with Crippen molar-refractivity contribution in [2.24, 2.45) is 0 Å². The van der Waals surface area contributed by atoms with Gasteiger partial charge in [0, 0.05) is 26.4 Å². The summed E-state index contributed by atoms with van der Waals surface area (Å²) >= 11 is 0. The largest absolute Gasteiger partial charge is 0.397 e. The fourth-order valence-corrected chi connectivity index (χ4v) is 6.73. The molecule has 0 atom stereocenters. The highest BCUT2D eigenvalue weighted by molar-refractivity contribution is 6.50. The summed E-state index contributed by atoms with van der Waals surface area (Å²) in [6.07, 6.45) is 4.22. The third-order valence-electron chi connectivity index (χ3n) is 2.67. The standard InChI is InChI=1S/C14H34O4Si2/c1-5-9-15-19(16-10-6-2)13-14-20(17-11-7-3)18-12-8-4/h19-20H,5-14H2,1-4H3. The second-order valence-corrected chi connectivity index (χ2v) is 9.13. The van der Waals surface area contributed by atoms with Crippen LogP contribution >= 0.6 is 0 Å². The molecule has 0 radical (unpaired) electrons. The van der Waals surface area contributed by atoms with Gasteiger partial charge in [0.25, 0.3) is 0 Å². The van der Waals surface area contributed by atoms with Crippen molar-refractivity contribution in [2.45, 2.75) is 65.5 Å². The maximum absolute atomic E-state index is 5.88. The molecular formula is C14H34O4Si2. The van der Waals surface area contributed by atoms with E-state index in [1.165, 1.54) is 0 Å². The van der Waals surface area contributed by atoms with Crippen molar-refractivity contribution in [2.75, 3.05) is 26.4 Å². The Kier molecular flexibility index (Phi) is 15.9. The summed E-state index contributed by atoms with van der Waals surface area (Å²) in [7, 11) is -3.04. The fraction of sp³-hybridized carbons (Fsp3) is 1.00. The van der Waals surface area contributed by atoms with E-state index in [-0.39, 0.29) is 0 Å². The van der Waals surface area contributed by atoms with E-state index >= 15 is 0 Å². The molecule has 0 amide bonds. The van der Waals surface area contributed by atoms with Crippen LogP contribution in [0.1, 0.15) is 53.4 Å². The SMILES string of the molecule is CCCO[SiH](CC[SiH](OCCC)OCCC)OCCC. The van der Waals surface area contributed by atoms with Crippen molar-refractivity contribution in [3.05, 3.63) is 0 Å². The predicted molar refractivity (Wildman–Crippen MR) is 88.9 cm³/mol. The third kappa shape index (κ3) is 12.0. The van der Waals surface area contributed by atoms with Gasteiger partial charge >= 0.3 is 18.6 Å². The Morgan fingerprint density at radius 1 is 0.500 bits per heavy atom. The normalized spacial score (nSPS) is 11.7. The van der Waals surface area contributed by atoms with E-state index in [0.29, 0.717) is 0 Å². The van der Waals surface area contributed by atoms with Crippen molar-refractivity contribution < 1.29 is 17.7 Å². The van der Waals surface area contributed by atoms with Gasteiger partial charge < -0.3 is 17.7 Å². The summed E-state index contributed by atoms with van der Waals surface area (Å²) < 4.78 is 23.5. The van der Waals surface area contributed by atoms with E-state index in [2.05, 4.69) is 27.7 Å². The molecule has 0 spiro atoms. The average Bonchev–Trinajstić information content (AvgIpc) is 2.48. The summed E-state index contributed by atoms with van der Waals surface area (Å²) in [5.41, 5.74) is 0. The topological polar surface area (TPSA) is 36.9 Å². The van der Waals surface area contributed by atoms with Gasteiger partial charge in [-0.1, -0.05) is 27.7 Å². The minimum atomic E-state index is -1.52. The summed E-state index contributed by atoms with van der Waals surface area (Å²) in [5, 5.41) is 0. The molecule has 0 saturated carbocycles. The molecule has 0 rings (SSSR count). The first-order valence-corrected chi connectivity index (χ1v) is 11.8. The lowest BCUT2D eigenvalue weighted by molar-refractivity contribution is 0.187. The van der Waals surface area contributed by atoms with Gasteiger partial charge in [-0.3, -0.25) is 0 Å². The highest BCUT2D eigenvalue weighted by Gasteiger charge is 2.19. The molecule has 0 unspecified atom stereocenters. The van der Waals surface area contributed by atoms with Gasteiger partial charge in [0.1, 0.15) is 0 Å². The molecule has 0 aliphatic carbocycles. The van der Waals surface area contributed by atoms with Crippen molar-refractivity contribution >= 4 is 18.6 Å². The van der Waals surface area contributed by atoms with Crippen LogP contribution in [0.2, 0.25) is 12.1 Å². The van der Waals surface area contributed by atoms with Crippen LogP contribution in [-0.2, 0) is 17.7 Å². The molecule has 122 valence electrons. The molecule has 20 heavy (non-hydrogen) atoms. The van der Waals surface area contributed by atoms with Gasteiger partial charge in [-0.15, -0.1) is 0 Å². The molecule has 0 aliphatic rings. The predicted octanol–water partition coefficient (Wildman–Crippen LogP) is 3.13. The Morgan fingerprint density at radius 2 is 0.750 bits per heavy atom. The molecule has 0 aromatic heterocycles. The molecule has 0 heterocycles. The Bertz CT molecular complexity index is 160. The zero-order valence-corrected chi connectivity index (χ0v) is 16.2. The van der Waals surface area contributed by atoms with Crippen LogP contribution in [0.25, 0.3) is 0 Å². The van der Waals surface area contributed by atoms with E-state index in [4.69, 9.17) is 17.7 Å². The summed E-state index contributed by atoms with van der Waals surface area (Å²) in [6.45, 7) is 11.8. The van der Waals surface area contributed by atoms with Gasteiger partial charge in [0.2, 0.25) is 0 Å². The molecule has 6 heteroatoms. The molecule has 0 aromatic rings. The lowest BCUT2D eigenvalue weighted by Gasteiger charge is -2.20. The Labute approximate surface area is 128 Å². The average molecular weight is 323 g/mol. The molecule has 0 aliphatic heterocycles. The molecule has 4 nitrogen and oxygen atoms in total. The highest BCUT2D eigenvalue weighted by atomic mass is 28.3. The van der Waals surface area contributed by atoms with Gasteiger partial charge in [-0.2, -0.15) is 0 Å². The van der Waals surface area contributed by atoms with Crippen molar-refractivity contribution in [3.63, 3.8) is 0 Å². The van der Waals surface area contributed by atoms with Crippen LogP contribution in [0.15, 0.2) is 0 Å². The fourth-order valence-electron chi connectivity index (χ4n) is 1.70. The smallest absolute Gasteiger partial charge is 0.321 e. The van der Waals surface area contributed by atoms with Crippen LogP contribution in [-0.4, -0.2) is 45.0 Å². The van der Waals surface area contributed by atoms with E-state index < -0.39 is 18.6 Å². The van der Waals surface area contributed by atoms with Gasteiger partial charge in [0.05, 0.1) is 0 Å².